The number of nitrogens with one attached hydrogen (secondary N) is 1. The first-order chi connectivity index (χ1) is 9.31. The summed E-state index contributed by atoms with van der Waals surface area (Å²) in [4.78, 5) is 15.1. The first kappa shape index (κ1) is 14.9. The van der Waals surface area contributed by atoms with E-state index >= 15 is 0 Å². The van der Waals surface area contributed by atoms with Gasteiger partial charge >= 0.3 is 5.97 Å². The lowest BCUT2D eigenvalue weighted by molar-refractivity contribution is -0.140. The molecule has 6 nitrogen and oxygen atoms in total. The van der Waals surface area contributed by atoms with Crippen LogP contribution in [0.25, 0.3) is 10.2 Å². The minimum atomic E-state index is -3.91. The molecular formula is C12H14N2O4S2. The van der Waals surface area contributed by atoms with Gasteiger partial charge in [-0.25, -0.2) is 8.42 Å². The zero-order valence-electron chi connectivity index (χ0n) is 10.9. The third kappa shape index (κ3) is 2.97. The van der Waals surface area contributed by atoms with Crippen LogP contribution in [0.1, 0.15) is 13.8 Å². The number of thiophene rings is 1. The SMILES string of the molecule is CC(C)[C@H](NS(=O)(=O)c1cnc2ccsc2c1)C(=O)O. The van der Waals surface area contributed by atoms with Gasteiger partial charge in [0.25, 0.3) is 0 Å². The van der Waals surface area contributed by atoms with Crippen LogP contribution in [0, 0.1) is 5.92 Å². The van der Waals surface area contributed by atoms with E-state index in [2.05, 4.69) is 9.71 Å². The largest absolute Gasteiger partial charge is 0.480 e. The molecule has 0 amide bonds. The highest BCUT2D eigenvalue weighted by atomic mass is 32.2. The third-order valence-electron chi connectivity index (χ3n) is 2.80. The quantitative estimate of drug-likeness (QED) is 0.875. The van der Waals surface area contributed by atoms with Crippen LogP contribution in [0.2, 0.25) is 0 Å². The zero-order chi connectivity index (χ0) is 14.9. The van der Waals surface area contributed by atoms with Crippen molar-refractivity contribution in [3.63, 3.8) is 0 Å². The molecule has 2 aromatic heterocycles. The summed E-state index contributed by atoms with van der Waals surface area (Å²) in [5.74, 6) is -1.56. The minimum Gasteiger partial charge on any atom is -0.480 e. The number of hydrogen-bond donors (Lipinski definition) is 2. The van der Waals surface area contributed by atoms with Gasteiger partial charge in [0.05, 0.1) is 10.2 Å². The van der Waals surface area contributed by atoms with Gasteiger partial charge in [-0.15, -0.1) is 11.3 Å². The fourth-order valence-corrected chi connectivity index (χ4v) is 3.84. The number of sulfonamides is 1. The van der Waals surface area contributed by atoms with Gasteiger partial charge in [0.15, 0.2) is 0 Å². The van der Waals surface area contributed by atoms with Gasteiger partial charge in [-0.1, -0.05) is 13.8 Å². The Morgan fingerprint density at radius 3 is 2.75 bits per heavy atom. The topological polar surface area (TPSA) is 96.4 Å². The summed E-state index contributed by atoms with van der Waals surface area (Å²) in [6.45, 7) is 3.28. The van der Waals surface area contributed by atoms with E-state index in [-0.39, 0.29) is 10.8 Å². The fourth-order valence-electron chi connectivity index (χ4n) is 1.68. The second kappa shape index (κ2) is 5.47. The predicted octanol–water partition coefficient (Wildman–Crippen LogP) is 1.68. The standard InChI is InChI=1S/C12H14N2O4S2/c1-7(2)11(12(15)16)14-20(17,18)8-5-10-9(13-6-8)3-4-19-10/h3-7,11,14H,1-2H3,(H,15,16)/t11-/m0/s1. The van der Waals surface area contributed by atoms with E-state index in [1.165, 1.54) is 23.6 Å². The predicted molar refractivity (Wildman–Crippen MR) is 76.2 cm³/mol. The average molecular weight is 314 g/mol. The number of pyridine rings is 1. The van der Waals surface area contributed by atoms with Gasteiger partial charge < -0.3 is 5.11 Å². The van der Waals surface area contributed by atoms with E-state index in [9.17, 15) is 13.2 Å². The van der Waals surface area contributed by atoms with Crippen molar-refractivity contribution in [2.24, 2.45) is 5.92 Å². The lowest BCUT2D eigenvalue weighted by Gasteiger charge is -2.17. The Morgan fingerprint density at radius 2 is 2.15 bits per heavy atom. The van der Waals surface area contributed by atoms with Crippen molar-refractivity contribution in [2.45, 2.75) is 24.8 Å². The van der Waals surface area contributed by atoms with Crippen molar-refractivity contribution in [2.75, 3.05) is 0 Å². The number of carboxylic acids is 1. The van der Waals surface area contributed by atoms with Crippen LogP contribution in [-0.2, 0) is 14.8 Å². The maximum atomic E-state index is 12.2. The van der Waals surface area contributed by atoms with E-state index < -0.39 is 22.0 Å². The van der Waals surface area contributed by atoms with Gasteiger partial charge in [0.1, 0.15) is 10.9 Å². The van der Waals surface area contributed by atoms with Crippen molar-refractivity contribution < 1.29 is 18.3 Å². The molecule has 108 valence electrons. The Balaban J connectivity index is 2.36. The number of carboxylic acid groups (broad SMARTS) is 1. The molecule has 0 aliphatic carbocycles. The summed E-state index contributed by atoms with van der Waals surface area (Å²) in [7, 11) is -3.91. The van der Waals surface area contributed by atoms with E-state index in [4.69, 9.17) is 5.11 Å². The molecule has 0 aliphatic rings. The summed E-state index contributed by atoms with van der Waals surface area (Å²) in [6.07, 6.45) is 1.23. The highest BCUT2D eigenvalue weighted by Crippen LogP contribution is 2.22. The molecule has 2 heterocycles. The minimum absolute atomic E-state index is 0.0284. The Bertz CT molecular complexity index is 737. The molecule has 0 unspecified atom stereocenters. The normalized spacial score (nSPS) is 13.8. The third-order valence-corrected chi connectivity index (χ3v) is 5.06. The van der Waals surface area contributed by atoms with Crippen LogP contribution in [0.4, 0.5) is 0 Å². The highest BCUT2D eigenvalue weighted by Gasteiger charge is 2.28. The highest BCUT2D eigenvalue weighted by molar-refractivity contribution is 7.89. The second-order valence-corrected chi connectivity index (χ2v) is 7.32. The maximum absolute atomic E-state index is 12.2. The smallest absolute Gasteiger partial charge is 0.322 e. The number of nitrogens with zero attached hydrogens (tertiary/aromatic N) is 1. The molecule has 8 heteroatoms. The van der Waals surface area contributed by atoms with Gasteiger partial charge in [0.2, 0.25) is 10.0 Å². The number of hydrogen-bond acceptors (Lipinski definition) is 5. The van der Waals surface area contributed by atoms with Crippen LogP contribution < -0.4 is 4.72 Å². The number of aliphatic carboxylic acids is 1. The van der Waals surface area contributed by atoms with Gasteiger partial charge in [-0.3, -0.25) is 9.78 Å². The molecule has 0 saturated carbocycles. The summed E-state index contributed by atoms with van der Waals surface area (Å²) in [6, 6.07) is 2.12. The average Bonchev–Trinajstić information content (AvgIpc) is 2.82. The molecule has 0 radical (unpaired) electrons. The summed E-state index contributed by atoms with van der Waals surface area (Å²) >= 11 is 1.38. The molecule has 0 spiro atoms. The summed E-state index contributed by atoms with van der Waals surface area (Å²) < 4.78 is 27.4. The summed E-state index contributed by atoms with van der Waals surface area (Å²) in [5.41, 5.74) is 0.715. The molecule has 1 atom stereocenters. The van der Waals surface area contributed by atoms with Crippen LogP contribution in [0.5, 0.6) is 0 Å². The molecule has 0 aliphatic heterocycles. The Hall–Kier alpha value is -1.51. The first-order valence-corrected chi connectivity index (χ1v) is 8.26. The molecule has 2 N–H and O–H groups in total. The van der Waals surface area contributed by atoms with Crippen molar-refractivity contribution in [1.29, 1.82) is 0 Å². The van der Waals surface area contributed by atoms with Gasteiger partial charge in [-0.2, -0.15) is 4.72 Å². The molecule has 0 saturated heterocycles. The van der Waals surface area contributed by atoms with Crippen molar-refractivity contribution in [3.8, 4) is 0 Å². The Kier molecular flexibility index (Phi) is 4.07. The lowest BCUT2D eigenvalue weighted by Crippen LogP contribution is -2.44. The van der Waals surface area contributed by atoms with Crippen LogP contribution in [-0.4, -0.2) is 30.5 Å². The number of rotatable bonds is 5. The van der Waals surface area contributed by atoms with Crippen molar-refractivity contribution in [3.05, 3.63) is 23.7 Å². The number of carbonyl (C=O) groups is 1. The molecule has 0 bridgehead atoms. The Labute approximate surface area is 120 Å². The van der Waals surface area contributed by atoms with Crippen LogP contribution in [0.3, 0.4) is 0 Å². The summed E-state index contributed by atoms with van der Waals surface area (Å²) in [5, 5.41) is 10.9. The van der Waals surface area contributed by atoms with Crippen molar-refractivity contribution in [1.82, 2.24) is 9.71 Å². The first-order valence-electron chi connectivity index (χ1n) is 5.89. The molecule has 2 aromatic rings. The monoisotopic (exact) mass is 314 g/mol. The van der Waals surface area contributed by atoms with Gasteiger partial charge in [0, 0.05) is 6.20 Å². The number of aromatic nitrogens is 1. The Morgan fingerprint density at radius 1 is 1.45 bits per heavy atom. The van der Waals surface area contributed by atoms with Crippen LogP contribution >= 0.6 is 11.3 Å². The lowest BCUT2D eigenvalue weighted by atomic mass is 10.1. The van der Waals surface area contributed by atoms with E-state index in [0.717, 1.165) is 4.70 Å². The molecular weight excluding hydrogens is 300 g/mol. The fraction of sp³-hybridized carbons (Fsp3) is 0.333. The molecule has 2 rings (SSSR count). The molecule has 0 aromatic carbocycles. The maximum Gasteiger partial charge on any atom is 0.322 e. The van der Waals surface area contributed by atoms with E-state index in [1.807, 2.05) is 5.38 Å². The van der Waals surface area contributed by atoms with Crippen molar-refractivity contribution >= 4 is 37.5 Å². The second-order valence-electron chi connectivity index (χ2n) is 4.66. The molecule has 0 fully saturated rings. The zero-order valence-corrected chi connectivity index (χ0v) is 12.5. The van der Waals surface area contributed by atoms with E-state index in [0.29, 0.717) is 5.52 Å². The van der Waals surface area contributed by atoms with E-state index in [1.54, 1.807) is 19.9 Å². The molecule has 20 heavy (non-hydrogen) atoms. The van der Waals surface area contributed by atoms with Crippen LogP contribution in [0.15, 0.2) is 28.6 Å². The van der Waals surface area contributed by atoms with Gasteiger partial charge in [-0.05, 0) is 23.4 Å². The number of fused-ring (bicyclic) bond motifs is 1.